The Hall–Kier alpha value is -0.150. The molecule has 9 heavy (non-hydrogen) atoms. The van der Waals surface area contributed by atoms with Crippen LogP contribution < -0.4 is 0 Å². The van der Waals surface area contributed by atoms with Crippen molar-refractivity contribution in [3.63, 3.8) is 0 Å². The van der Waals surface area contributed by atoms with Crippen LogP contribution in [0.15, 0.2) is 0 Å². The Bertz CT molecular complexity index is 99.2. The molecule has 0 atom stereocenters. The quantitative estimate of drug-likeness (QED) is 0.522. The predicted molar refractivity (Wildman–Crippen MR) is 44.8 cm³/mol. The van der Waals surface area contributed by atoms with Gasteiger partial charge in [0.2, 0.25) is 0 Å². The monoisotopic (exact) mass is 146 g/mol. The highest BCUT2D eigenvalue weighted by Crippen LogP contribution is 1.84. The van der Waals surface area contributed by atoms with Gasteiger partial charge in [-0.1, -0.05) is 12.2 Å². The zero-order chi connectivity index (χ0) is 7.44. The summed E-state index contributed by atoms with van der Waals surface area (Å²) in [4.78, 5) is 4.98. The molecule has 0 rings (SSSR count). The van der Waals surface area contributed by atoms with Gasteiger partial charge in [-0.05, 0) is 14.1 Å². The lowest BCUT2D eigenvalue weighted by molar-refractivity contribution is 0.450. The minimum Gasteiger partial charge on any atom is -0.371 e. The van der Waals surface area contributed by atoms with Crippen molar-refractivity contribution in [3.8, 4) is 0 Å². The lowest BCUT2D eigenvalue weighted by Crippen LogP contribution is -2.30. The Morgan fingerprint density at radius 1 is 1.22 bits per heavy atom. The molecule has 0 unspecified atom stereocenters. The van der Waals surface area contributed by atoms with Crippen molar-refractivity contribution in [1.29, 1.82) is 0 Å². The van der Waals surface area contributed by atoms with Crippen LogP contribution in [0.4, 0.5) is 0 Å². The summed E-state index contributed by atoms with van der Waals surface area (Å²) in [6.45, 7) is 0.863. The summed E-state index contributed by atoms with van der Waals surface area (Å²) in [7, 11) is 7.95. The summed E-state index contributed by atoms with van der Waals surface area (Å²) in [5.41, 5.74) is 0. The van der Waals surface area contributed by atoms with E-state index in [9.17, 15) is 0 Å². The summed E-state index contributed by atoms with van der Waals surface area (Å²) in [5.74, 6) is 0. The molecule has 2 nitrogen and oxygen atoms in total. The third-order valence-electron chi connectivity index (χ3n) is 0.950. The Labute approximate surface area is 62.4 Å². The summed E-state index contributed by atoms with van der Waals surface area (Å²) < 4.78 is 0. The van der Waals surface area contributed by atoms with Crippen LogP contribution in [0.5, 0.6) is 0 Å². The van der Waals surface area contributed by atoms with E-state index in [2.05, 4.69) is 4.90 Å². The van der Waals surface area contributed by atoms with Gasteiger partial charge in [0, 0.05) is 20.6 Å². The molecule has 0 aliphatic heterocycles. The van der Waals surface area contributed by atoms with E-state index in [1.165, 1.54) is 0 Å². The second-order valence-corrected chi connectivity index (χ2v) is 3.00. The molecule has 0 amide bonds. The van der Waals surface area contributed by atoms with Crippen LogP contribution in [0.1, 0.15) is 0 Å². The number of hydrogen-bond donors (Lipinski definition) is 0. The number of nitrogens with zero attached hydrogens (tertiary/aromatic N) is 2. The van der Waals surface area contributed by atoms with Crippen molar-refractivity contribution >= 4 is 17.2 Å². The molecule has 0 aliphatic carbocycles. The van der Waals surface area contributed by atoms with Crippen molar-refractivity contribution in [2.24, 2.45) is 0 Å². The standard InChI is InChI=1S/C6H14N2S/c1-7(2)5-6(9)8(3)4/h5H2,1-4H3. The van der Waals surface area contributed by atoms with Gasteiger partial charge in [0.1, 0.15) is 0 Å². The van der Waals surface area contributed by atoms with Gasteiger partial charge in [-0.25, -0.2) is 0 Å². The van der Waals surface area contributed by atoms with E-state index < -0.39 is 0 Å². The first kappa shape index (κ1) is 8.85. The predicted octanol–water partition coefficient (Wildman–Crippen LogP) is 0.437. The van der Waals surface area contributed by atoms with E-state index in [0.29, 0.717) is 0 Å². The van der Waals surface area contributed by atoms with E-state index >= 15 is 0 Å². The molecule has 0 spiro atoms. The molecule has 0 radical (unpaired) electrons. The van der Waals surface area contributed by atoms with Crippen molar-refractivity contribution in [1.82, 2.24) is 9.80 Å². The molecule has 3 heteroatoms. The topological polar surface area (TPSA) is 6.48 Å². The second kappa shape index (κ2) is 3.80. The smallest absolute Gasteiger partial charge is 0.0916 e. The van der Waals surface area contributed by atoms with Crippen LogP contribution in [-0.4, -0.2) is 49.5 Å². The fourth-order valence-electron chi connectivity index (χ4n) is 0.412. The molecule has 0 bridgehead atoms. The maximum absolute atomic E-state index is 5.04. The van der Waals surface area contributed by atoms with Gasteiger partial charge in [-0.2, -0.15) is 0 Å². The average Bonchev–Trinajstić information content (AvgIpc) is 1.63. The molecular formula is C6H14N2S. The van der Waals surface area contributed by atoms with Crippen LogP contribution in [0, 0.1) is 0 Å². The Morgan fingerprint density at radius 2 is 1.67 bits per heavy atom. The summed E-state index contributed by atoms with van der Waals surface area (Å²) in [6, 6.07) is 0. The third kappa shape index (κ3) is 4.36. The van der Waals surface area contributed by atoms with Gasteiger partial charge in [-0.15, -0.1) is 0 Å². The van der Waals surface area contributed by atoms with Crippen LogP contribution in [0.25, 0.3) is 0 Å². The second-order valence-electron chi connectivity index (χ2n) is 2.53. The zero-order valence-electron chi connectivity index (χ0n) is 6.51. The van der Waals surface area contributed by atoms with Crippen LogP contribution in [-0.2, 0) is 0 Å². The Balaban J connectivity index is 3.51. The number of likely N-dealkylation sites (N-methyl/N-ethyl adjacent to an activating group) is 2. The van der Waals surface area contributed by atoms with Gasteiger partial charge >= 0.3 is 0 Å². The molecule has 0 N–H and O–H groups in total. The highest BCUT2D eigenvalue weighted by atomic mass is 32.1. The lowest BCUT2D eigenvalue weighted by atomic mass is 10.5. The molecule has 0 saturated carbocycles. The molecule has 0 aliphatic rings. The van der Waals surface area contributed by atoms with Gasteiger partial charge in [0.25, 0.3) is 0 Å². The average molecular weight is 146 g/mol. The maximum Gasteiger partial charge on any atom is 0.0916 e. The highest BCUT2D eigenvalue weighted by Gasteiger charge is 1.98. The molecule has 0 heterocycles. The third-order valence-corrected chi connectivity index (χ3v) is 1.44. The molecular weight excluding hydrogens is 132 g/mol. The van der Waals surface area contributed by atoms with Crippen molar-refractivity contribution in [3.05, 3.63) is 0 Å². The molecule has 0 fully saturated rings. The van der Waals surface area contributed by atoms with Gasteiger partial charge in [-0.3, -0.25) is 0 Å². The molecule has 0 aromatic rings. The van der Waals surface area contributed by atoms with E-state index in [0.717, 1.165) is 11.5 Å². The number of hydrogen-bond acceptors (Lipinski definition) is 2. The molecule has 0 saturated heterocycles. The van der Waals surface area contributed by atoms with Gasteiger partial charge < -0.3 is 9.80 Å². The molecule has 0 aromatic carbocycles. The normalized spacial score (nSPS) is 9.89. The zero-order valence-corrected chi connectivity index (χ0v) is 7.33. The van der Waals surface area contributed by atoms with Crippen LogP contribution in [0.2, 0.25) is 0 Å². The highest BCUT2D eigenvalue weighted by molar-refractivity contribution is 7.80. The van der Waals surface area contributed by atoms with Crippen LogP contribution in [0.3, 0.4) is 0 Å². The molecule has 54 valence electrons. The minimum atomic E-state index is 0.863. The number of rotatable bonds is 2. The van der Waals surface area contributed by atoms with Crippen molar-refractivity contribution < 1.29 is 0 Å². The van der Waals surface area contributed by atoms with E-state index in [1.54, 1.807) is 0 Å². The number of thiocarbonyl (C=S) groups is 1. The van der Waals surface area contributed by atoms with Crippen molar-refractivity contribution in [2.75, 3.05) is 34.7 Å². The van der Waals surface area contributed by atoms with E-state index in [-0.39, 0.29) is 0 Å². The first-order valence-electron chi connectivity index (χ1n) is 2.89. The van der Waals surface area contributed by atoms with Crippen molar-refractivity contribution in [2.45, 2.75) is 0 Å². The van der Waals surface area contributed by atoms with E-state index in [4.69, 9.17) is 12.2 Å². The van der Waals surface area contributed by atoms with Gasteiger partial charge in [0.15, 0.2) is 0 Å². The first-order chi connectivity index (χ1) is 4.04. The summed E-state index contributed by atoms with van der Waals surface area (Å²) >= 11 is 5.04. The minimum absolute atomic E-state index is 0.863. The lowest BCUT2D eigenvalue weighted by Gasteiger charge is -2.16. The van der Waals surface area contributed by atoms with E-state index in [1.807, 2.05) is 33.1 Å². The Morgan fingerprint density at radius 3 is 1.78 bits per heavy atom. The fraction of sp³-hybridized carbons (Fsp3) is 0.833. The summed E-state index contributed by atoms with van der Waals surface area (Å²) in [6.07, 6.45) is 0. The van der Waals surface area contributed by atoms with Gasteiger partial charge in [0.05, 0.1) is 4.99 Å². The largest absolute Gasteiger partial charge is 0.371 e. The SMILES string of the molecule is CN(C)CC(=S)N(C)C. The fourth-order valence-corrected chi connectivity index (χ4v) is 0.670. The Kier molecular flexibility index (Phi) is 3.73. The first-order valence-corrected chi connectivity index (χ1v) is 3.29. The summed E-state index contributed by atoms with van der Waals surface area (Å²) in [5, 5.41) is 0. The molecule has 0 aromatic heterocycles. The maximum atomic E-state index is 5.04. The van der Waals surface area contributed by atoms with Crippen LogP contribution >= 0.6 is 12.2 Å².